The number of ketones is 1. The predicted octanol–water partition coefficient (Wildman–Crippen LogP) is 3.23. The number of carbonyl (C=O) groups excluding carboxylic acids is 1. The lowest BCUT2D eigenvalue weighted by molar-refractivity contribution is 0.0543. The molecule has 0 aromatic heterocycles. The van der Waals surface area contributed by atoms with Crippen molar-refractivity contribution in [2.75, 3.05) is 25.1 Å². The SMILES string of the molecule is CCC(=O)c1ccc(NCC2(c3ccc(F)cc3)CCOCC2)c(S(N)(=O)=O)c1. The van der Waals surface area contributed by atoms with Gasteiger partial charge in [0.1, 0.15) is 10.7 Å². The van der Waals surface area contributed by atoms with Crippen molar-refractivity contribution in [3.63, 3.8) is 0 Å². The van der Waals surface area contributed by atoms with Gasteiger partial charge in [0.15, 0.2) is 5.78 Å². The van der Waals surface area contributed by atoms with Gasteiger partial charge in [0.05, 0.1) is 5.69 Å². The van der Waals surface area contributed by atoms with Crippen LogP contribution in [0.4, 0.5) is 10.1 Å². The van der Waals surface area contributed by atoms with Crippen LogP contribution >= 0.6 is 0 Å². The standard InChI is InChI=1S/C21H25FN2O4S/c1-2-19(25)15-3-8-18(20(13-15)29(23,26)27)24-14-21(9-11-28-12-10-21)16-4-6-17(22)7-5-16/h3-8,13,24H,2,9-12,14H2,1H3,(H2,23,26,27). The van der Waals surface area contributed by atoms with Gasteiger partial charge >= 0.3 is 0 Å². The fourth-order valence-electron chi connectivity index (χ4n) is 3.68. The first-order chi connectivity index (χ1) is 13.7. The van der Waals surface area contributed by atoms with Crippen molar-refractivity contribution in [3.8, 4) is 0 Å². The Morgan fingerprint density at radius 3 is 2.41 bits per heavy atom. The number of Topliss-reactive ketones (excluding diaryl/α,β-unsaturated/α-hetero) is 1. The molecule has 0 aliphatic carbocycles. The number of rotatable bonds is 7. The largest absolute Gasteiger partial charge is 0.383 e. The van der Waals surface area contributed by atoms with Crippen LogP contribution in [0.25, 0.3) is 0 Å². The number of nitrogens with one attached hydrogen (secondary N) is 1. The molecule has 29 heavy (non-hydrogen) atoms. The minimum absolute atomic E-state index is 0.113. The smallest absolute Gasteiger partial charge is 0.240 e. The summed E-state index contributed by atoms with van der Waals surface area (Å²) in [5.74, 6) is -0.467. The van der Waals surface area contributed by atoms with Gasteiger partial charge < -0.3 is 10.1 Å². The molecule has 0 spiro atoms. The number of primary sulfonamides is 1. The average molecular weight is 421 g/mol. The van der Waals surface area contributed by atoms with Gasteiger partial charge in [-0.1, -0.05) is 19.1 Å². The highest BCUT2D eigenvalue weighted by Gasteiger charge is 2.35. The molecule has 0 bridgehead atoms. The molecule has 0 atom stereocenters. The van der Waals surface area contributed by atoms with Gasteiger partial charge in [-0.15, -0.1) is 0 Å². The second-order valence-electron chi connectivity index (χ2n) is 7.29. The Balaban J connectivity index is 1.93. The van der Waals surface area contributed by atoms with Crippen LogP contribution in [0.2, 0.25) is 0 Å². The molecule has 0 radical (unpaired) electrons. The van der Waals surface area contributed by atoms with E-state index < -0.39 is 10.0 Å². The van der Waals surface area contributed by atoms with E-state index in [0.29, 0.717) is 43.9 Å². The number of benzene rings is 2. The van der Waals surface area contributed by atoms with Crippen molar-refractivity contribution >= 4 is 21.5 Å². The highest BCUT2D eigenvalue weighted by atomic mass is 32.2. The third kappa shape index (κ3) is 4.83. The zero-order valence-corrected chi connectivity index (χ0v) is 17.1. The Hall–Kier alpha value is -2.29. The minimum Gasteiger partial charge on any atom is -0.383 e. The quantitative estimate of drug-likeness (QED) is 0.670. The van der Waals surface area contributed by atoms with E-state index in [9.17, 15) is 17.6 Å². The number of anilines is 1. The van der Waals surface area contributed by atoms with E-state index in [1.165, 1.54) is 18.2 Å². The number of ether oxygens (including phenoxy) is 1. The zero-order valence-electron chi connectivity index (χ0n) is 16.3. The van der Waals surface area contributed by atoms with Crippen LogP contribution in [0.3, 0.4) is 0 Å². The van der Waals surface area contributed by atoms with E-state index in [0.717, 1.165) is 5.56 Å². The predicted molar refractivity (Wildman–Crippen MR) is 109 cm³/mol. The molecule has 8 heteroatoms. The number of hydrogen-bond donors (Lipinski definition) is 2. The summed E-state index contributed by atoms with van der Waals surface area (Å²) in [7, 11) is -4.03. The Morgan fingerprint density at radius 1 is 1.17 bits per heavy atom. The molecule has 6 nitrogen and oxygen atoms in total. The number of halogens is 1. The lowest BCUT2D eigenvalue weighted by Gasteiger charge is -2.38. The third-order valence-electron chi connectivity index (χ3n) is 5.45. The van der Waals surface area contributed by atoms with E-state index in [2.05, 4.69) is 5.32 Å². The second kappa shape index (κ2) is 8.61. The maximum Gasteiger partial charge on any atom is 0.240 e. The molecule has 0 amide bonds. The molecular formula is C21H25FN2O4S. The molecule has 1 saturated heterocycles. The van der Waals surface area contributed by atoms with E-state index >= 15 is 0 Å². The summed E-state index contributed by atoms with van der Waals surface area (Å²) in [6, 6.07) is 10.8. The van der Waals surface area contributed by atoms with Gasteiger partial charge in [-0.05, 0) is 48.7 Å². The van der Waals surface area contributed by atoms with Gasteiger partial charge in [-0.2, -0.15) is 0 Å². The summed E-state index contributed by atoms with van der Waals surface area (Å²) >= 11 is 0. The fraction of sp³-hybridized carbons (Fsp3) is 0.381. The summed E-state index contributed by atoms with van der Waals surface area (Å²) in [5.41, 5.74) is 1.28. The van der Waals surface area contributed by atoms with Gasteiger partial charge in [0.2, 0.25) is 10.0 Å². The van der Waals surface area contributed by atoms with Crippen molar-refractivity contribution in [2.45, 2.75) is 36.5 Å². The molecule has 1 heterocycles. The summed E-state index contributed by atoms with van der Waals surface area (Å²) < 4.78 is 43.1. The first-order valence-electron chi connectivity index (χ1n) is 9.53. The minimum atomic E-state index is -4.03. The van der Waals surface area contributed by atoms with E-state index in [1.54, 1.807) is 31.2 Å². The second-order valence-corrected chi connectivity index (χ2v) is 8.82. The first kappa shape index (κ1) is 21.4. The molecule has 3 rings (SSSR count). The fourth-order valence-corrected chi connectivity index (χ4v) is 4.42. The number of nitrogens with two attached hydrogens (primary N) is 1. The average Bonchev–Trinajstić information content (AvgIpc) is 2.72. The van der Waals surface area contributed by atoms with Crippen LogP contribution in [0.15, 0.2) is 47.4 Å². The Morgan fingerprint density at radius 2 is 1.83 bits per heavy atom. The summed E-state index contributed by atoms with van der Waals surface area (Å²) in [6.07, 6.45) is 1.69. The Labute approximate surface area is 170 Å². The van der Waals surface area contributed by atoms with Crippen molar-refractivity contribution in [2.24, 2.45) is 5.14 Å². The Bertz CT molecular complexity index is 984. The van der Waals surface area contributed by atoms with E-state index in [-0.39, 0.29) is 28.3 Å². The van der Waals surface area contributed by atoms with Crippen LogP contribution < -0.4 is 10.5 Å². The molecule has 1 aliphatic heterocycles. The van der Waals surface area contributed by atoms with Crippen LogP contribution in [0.1, 0.15) is 42.1 Å². The number of hydrogen-bond acceptors (Lipinski definition) is 5. The molecule has 3 N–H and O–H groups in total. The van der Waals surface area contributed by atoms with Crippen LogP contribution in [0.5, 0.6) is 0 Å². The van der Waals surface area contributed by atoms with Gasteiger partial charge in [0.25, 0.3) is 0 Å². The number of carbonyl (C=O) groups is 1. The summed E-state index contributed by atoms with van der Waals surface area (Å²) in [6.45, 7) is 3.25. The van der Waals surface area contributed by atoms with Crippen LogP contribution in [-0.4, -0.2) is 34.0 Å². The van der Waals surface area contributed by atoms with Crippen molar-refractivity contribution in [1.29, 1.82) is 0 Å². The van der Waals surface area contributed by atoms with Gasteiger partial charge in [-0.3, -0.25) is 4.79 Å². The molecule has 1 aliphatic rings. The lowest BCUT2D eigenvalue weighted by atomic mass is 9.74. The highest BCUT2D eigenvalue weighted by molar-refractivity contribution is 7.89. The topological polar surface area (TPSA) is 98.5 Å². The lowest BCUT2D eigenvalue weighted by Crippen LogP contribution is -2.40. The third-order valence-corrected chi connectivity index (χ3v) is 6.41. The maximum atomic E-state index is 13.4. The van der Waals surface area contributed by atoms with Crippen LogP contribution in [0, 0.1) is 5.82 Å². The molecule has 0 saturated carbocycles. The van der Waals surface area contributed by atoms with Gasteiger partial charge in [0, 0.05) is 37.2 Å². The molecule has 156 valence electrons. The first-order valence-corrected chi connectivity index (χ1v) is 11.1. The monoisotopic (exact) mass is 420 g/mol. The maximum absolute atomic E-state index is 13.4. The highest BCUT2D eigenvalue weighted by Crippen LogP contribution is 2.36. The van der Waals surface area contributed by atoms with E-state index in [4.69, 9.17) is 9.88 Å². The molecule has 0 unspecified atom stereocenters. The van der Waals surface area contributed by atoms with Crippen molar-refractivity contribution in [1.82, 2.24) is 0 Å². The van der Waals surface area contributed by atoms with Gasteiger partial charge in [-0.25, -0.2) is 17.9 Å². The van der Waals surface area contributed by atoms with Crippen LogP contribution in [-0.2, 0) is 20.2 Å². The van der Waals surface area contributed by atoms with Crippen molar-refractivity contribution < 1.29 is 22.3 Å². The molecule has 2 aromatic carbocycles. The molecule has 2 aromatic rings. The normalized spacial score (nSPS) is 16.4. The summed E-state index contributed by atoms with van der Waals surface area (Å²) in [4.78, 5) is 11.9. The number of sulfonamides is 1. The van der Waals surface area contributed by atoms with Crippen molar-refractivity contribution in [3.05, 3.63) is 59.4 Å². The Kier molecular flexibility index (Phi) is 6.36. The molecular weight excluding hydrogens is 395 g/mol. The summed E-state index contributed by atoms with van der Waals surface area (Å²) in [5, 5.41) is 8.60. The van der Waals surface area contributed by atoms with E-state index in [1.807, 2.05) is 0 Å². The zero-order chi connectivity index (χ0) is 21.1. The molecule has 1 fully saturated rings.